The second-order valence-electron chi connectivity index (χ2n) is 5.82. The van der Waals surface area contributed by atoms with Gasteiger partial charge in [0.15, 0.2) is 0 Å². The summed E-state index contributed by atoms with van der Waals surface area (Å²) in [6.07, 6.45) is 6.21. The molecule has 1 saturated carbocycles. The molecule has 0 aromatic carbocycles. The van der Waals surface area contributed by atoms with Crippen LogP contribution in [0.2, 0.25) is 0 Å². The first-order valence-electron chi connectivity index (χ1n) is 8.06. The van der Waals surface area contributed by atoms with Crippen molar-refractivity contribution < 1.29 is 14.7 Å². The number of urea groups is 1. The fourth-order valence-electron chi connectivity index (χ4n) is 2.78. The Morgan fingerprint density at radius 3 is 2.29 bits per heavy atom. The van der Waals surface area contributed by atoms with Crippen molar-refractivity contribution in [1.29, 1.82) is 0 Å². The number of carboxylic acid groups (broad SMARTS) is 1. The third-order valence-electron chi connectivity index (χ3n) is 4.17. The molecule has 0 aliphatic heterocycles. The van der Waals surface area contributed by atoms with Crippen LogP contribution in [-0.2, 0) is 4.79 Å². The van der Waals surface area contributed by atoms with Gasteiger partial charge in [0.2, 0.25) is 0 Å². The third-order valence-corrected chi connectivity index (χ3v) is 4.17. The minimum atomic E-state index is -0.781. The molecule has 2 amide bonds. The highest BCUT2D eigenvalue weighted by Crippen LogP contribution is 2.34. The predicted molar refractivity (Wildman–Crippen MR) is 82.3 cm³/mol. The van der Waals surface area contributed by atoms with E-state index in [2.05, 4.69) is 16.0 Å². The molecule has 0 spiro atoms. The van der Waals surface area contributed by atoms with Crippen LogP contribution in [-0.4, -0.2) is 43.3 Å². The number of aliphatic carboxylic acids is 1. The third kappa shape index (κ3) is 6.33. The lowest BCUT2D eigenvalue weighted by Crippen LogP contribution is -2.46. The average Bonchev–Trinajstić information content (AvgIpc) is 2.71. The first-order chi connectivity index (χ1) is 10.1. The number of hydrogen-bond donors (Lipinski definition) is 4. The molecule has 21 heavy (non-hydrogen) atoms. The Labute approximate surface area is 127 Å². The van der Waals surface area contributed by atoms with Gasteiger partial charge in [0.1, 0.15) is 0 Å². The zero-order valence-electron chi connectivity index (χ0n) is 13.0. The molecule has 1 aliphatic carbocycles. The Morgan fingerprint density at radius 2 is 1.71 bits per heavy atom. The van der Waals surface area contributed by atoms with E-state index in [-0.39, 0.29) is 12.6 Å². The monoisotopic (exact) mass is 299 g/mol. The van der Waals surface area contributed by atoms with Crippen molar-refractivity contribution in [2.45, 2.75) is 51.9 Å². The maximum Gasteiger partial charge on any atom is 0.314 e. The van der Waals surface area contributed by atoms with Gasteiger partial charge >= 0.3 is 12.0 Å². The molecule has 6 nitrogen and oxygen atoms in total. The number of hydrogen-bond acceptors (Lipinski definition) is 3. The summed E-state index contributed by atoms with van der Waals surface area (Å²) in [4.78, 5) is 23.3. The van der Waals surface area contributed by atoms with Gasteiger partial charge < -0.3 is 21.1 Å². The molecule has 1 rings (SSSR count). The van der Waals surface area contributed by atoms with Gasteiger partial charge in [-0.3, -0.25) is 4.79 Å². The fraction of sp³-hybridized carbons (Fsp3) is 0.867. The molecule has 0 saturated heterocycles. The molecule has 0 aromatic heterocycles. The number of carboxylic acids is 1. The molecule has 4 N–H and O–H groups in total. The highest BCUT2D eigenvalue weighted by atomic mass is 16.4. The molecule has 122 valence electrons. The van der Waals surface area contributed by atoms with Crippen LogP contribution in [0.25, 0.3) is 0 Å². The van der Waals surface area contributed by atoms with Crippen LogP contribution < -0.4 is 16.0 Å². The van der Waals surface area contributed by atoms with E-state index in [0.717, 1.165) is 45.2 Å². The quantitative estimate of drug-likeness (QED) is 0.406. The zero-order valence-corrected chi connectivity index (χ0v) is 13.0. The Balaban J connectivity index is 2.32. The van der Waals surface area contributed by atoms with E-state index in [9.17, 15) is 14.7 Å². The summed E-state index contributed by atoms with van der Waals surface area (Å²) >= 11 is 0. The summed E-state index contributed by atoms with van der Waals surface area (Å²) < 4.78 is 0. The van der Waals surface area contributed by atoms with Crippen LogP contribution in [0.4, 0.5) is 4.79 Å². The van der Waals surface area contributed by atoms with E-state index in [1.54, 1.807) is 0 Å². The summed E-state index contributed by atoms with van der Waals surface area (Å²) in [5, 5.41) is 18.2. The lowest BCUT2D eigenvalue weighted by Gasteiger charge is -2.28. The molecule has 0 unspecified atom stereocenters. The molecule has 6 heteroatoms. The SMILES string of the molecule is CCNCCCNC(=O)NCC1(C(=O)O)CCCCCC1. The summed E-state index contributed by atoms with van der Waals surface area (Å²) in [5.41, 5.74) is -0.780. The first-order valence-corrected chi connectivity index (χ1v) is 8.06. The topological polar surface area (TPSA) is 90.5 Å². The minimum absolute atomic E-state index is 0.224. The first kappa shape index (κ1) is 17.8. The molecule has 0 radical (unpaired) electrons. The van der Waals surface area contributed by atoms with Gasteiger partial charge in [0, 0.05) is 13.1 Å². The smallest absolute Gasteiger partial charge is 0.314 e. The lowest BCUT2D eigenvalue weighted by molar-refractivity contribution is -0.149. The van der Waals surface area contributed by atoms with E-state index < -0.39 is 11.4 Å². The number of nitrogens with one attached hydrogen (secondary N) is 3. The van der Waals surface area contributed by atoms with E-state index in [0.29, 0.717) is 19.4 Å². The summed E-state index contributed by atoms with van der Waals surface area (Å²) in [6.45, 7) is 4.65. The summed E-state index contributed by atoms with van der Waals surface area (Å²) in [7, 11) is 0. The zero-order chi connectivity index (χ0) is 15.6. The van der Waals surface area contributed by atoms with E-state index >= 15 is 0 Å². The largest absolute Gasteiger partial charge is 0.481 e. The highest BCUT2D eigenvalue weighted by Gasteiger charge is 2.38. The van der Waals surface area contributed by atoms with Crippen LogP contribution in [0.1, 0.15) is 51.9 Å². The van der Waals surface area contributed by atoms with E-state index in [4.69, 9.17) is 0 Å². The van der Waals surface area contributed by atoms with Crippen LogP contribution >= 0.6 is 0 Å². The molecule has 0 aromatic rings. The number of carbonyl (C=O) groups excluding carboxylic acids is 1. The Hall–Kier alpha value is -1.30. The molecule has 0 atom stereocenters. The van der Waals surface area contributed by atoms with Crippen molar-refractivity contribution in [2.24, 2.45) is 5.41 Å². The molecule has 0 bridgehead atoms. The molecule has 1 aliphatic rings. The van der Waals surface area contributed by atoms with Gasteiger partial charge in [-0.05, 0) is 32.4 Å². The van der Waals surface area contributed by atoms with Crippen molar-refractivity contribution in [3.8, 4) is 0 Å². The number of amides is 2. The van der Waals surface area contributed by atoms with E-state index in [1.807, 2.05) is 6.92 Å². The second-order valence-corrected chi connectivity index (χ2v) is 5.82. The van der Waals surface area contributed by atoms with Gasteiger partial charge in [-0.1, -0.05) is 32.6 Å². The normalized spacial score (nSPS) is 17.8. The van der Waals surface area contributed by atoms with E-state index in [1.165, 1.54) is 0 Å². The molecule has 0 heterocycles. The fourth-order valence-corrected chi connectivity index (χ4v) is 2.78. The number of rotatable bonds is 8. The second kappa shape index (κ2) is 9.60. The Bertz CT molecular complexity index is 326. The van der Waals surface area contributed by atoms with Crippen LogP contribution in [0.5, 0.6) is 0 Å². The summed E-state index contributed by atoms with van der Waals surface area (Å²) in [6, 6.07) is -0.267. The van der Waals surface area contributed by atoms with Gasteiger partial charge in [0.05, 0.1) is 5.41 Å². The molecule has 1 fully saturated rings. The van der Waals surface area contributed by atoms with Gasteiger partial charge in [-0.15, -0.1) is 0 Å². The van der Waals surface area contributed by atoms with Crippen LogP contribution in [0.15, 0.2) is 0 Å². The van der Waals surface area contributed by atoms with Gasteiger partial charge in [-0.2, -0.15) is 0 Å². The number of carbonyl (C=O) groups is 2. The van der Waals surface area contributed by atoms with Crippen molar-refractivity contribution >= 4 is 12.0 Å². The Morgan fingerprint density at radius 1 is 1.05 bits per heavy atom. The van der Waals surface area contributed by atoms with Crippen molar-refractivity contribution in [3.05, 3.63) is 0 Å². The van der Waals surface area contributed by atoms with Crippen molar-refractivity contribution in [3.63, 3.8) is 0 Å². The van der Waals surface area contributed by atoms with Gasteiger partial charge in [-0.25, -0.2) is 4.79 Å². The maximum atomic E-state index is 11.7. The van der Waals surface area contributed by atoms with Gasteiger partial charge in [0.25, 0.3) is 0 Å². The average molecular weight is 299 g/mol. The standard InChI is InChI=1S/C15H29N3O3/c1-2-16-10-7-11-17-14(21)18-12-15(13(19)20)8-5-3-4-6-9-15/h16H,2-12H2,1H3,(H,19,20)(H2,17,18,21). The predicted octanol–water partition coefficient (Wildman–Crippen LogP) is 1.71. The molecular weight excluding hydrogens is 270 g/mol. The Kier molecular flexibility index (Phi) is 8.12. The lowest BCUT2D eigenvalue weighted by atomic mass is 9.80. The van der Waals surface area contributed by atoms with Crippen molar-refractivity contribution in [1.82, 2.24) is 16.0 Å². The van der Waals surface area contributed by atoms with Crippen molar-refractivity contribution in [2.75, 3.05) is 26.2 Å². The summed E-state index contributed by atoms with van der Waals surface area (Å²) in [5.74, 6) is -0.781. The minimum Gasteiger partial charge on any atom is -0.481 e. The van der Waals surface area contributed by atoms with Crippen LogP contribution in [0.3, 0.4) is 0 Å². The highest BCUT2D eigenvalue weighted by molar-refractivity contribution is 5.78. The van der Waals surface area contributed by atoms with Crippen LogP contribution in [0, 0.1) is 5.41 Å². The molecular formula is C15H29N3O3. The maximum absolute atomic E-state index is 11.7.